The van der Waals surface area contributed by atoms with Gasteiger partial charge in [-0.25, -0.2) is 9.97 Å². The van der Waals surface area contributed by atoms with Crippen LogP contribution in [0.5, 0.6) is 0 Å². The molecule has 0 aromatic carbocycles. The Bertz CT molecular complexity index is 533. The summed E-state index contributed by atoms with van der Waals surface area (Å²) in [5, 5.41) is -0.0205. The predicted octanol–water partition coefficient (Wildman–Crippen LogP) is 3.77. The summed E-state index contributed by atoms with van der Waals surface area (Å²) < 4.78 is 37.9. The fraction of sp³-hybridized carbons (Fsp3) is 0.667. The van der Waals surface area contributed by atoms with Gasteiger partial charge in [-0.3, -0.25) is 4.79 Å². The van der Waals surface area contributed by atoms with Gasteiger partial charge in [0, 0.05) is 18.8 Å². The highest BCUT2D eigenvalue weighted by Crippen LogP contribution is 2.28. The molecule has 0 radical (unpaired) electrons. The molecule has 2 rings (SSSR count). The van der Waals surface area contributed by atoms with Crippen LogP contribution in [-0.2, 0) is 11.0 Å². The fourth-order valence-corrected chi connectivity index (χ4v) is 3.53. The van der Waals surface area contributed by atoms with Crippen molar-refractivity contribution in [1.29, 1.82) is 0 Å². The molecule has 128 valence electrons. The van der Waals surface area contributed by atoms with Crippen LogP contribution in [0.2, 0.25) is 0 Å². The van der Waals surface area contributed by atoms with Gasteiger partial charge in [0.25, 0.3) is 0 Å². The lowest BCUT2D eigenvalue weighted by atomic mass is 9.94. The summed E-state index contributed by atoms with van der Waals surface area (Å²) in [5.74, 6) is -0.00327. The highest BCUT2D eigenvalue weighted by Gasteiger charge is 2.33. The second kappa shape index (κ2) is 7.99. The zero-order valence-corrected chi connectivity index (χ0v) is 13.8. The molecule has 8 heteroatoms. The van der Waals surface area contributed by atoms with Gasteiger partial charge >= 0.3 is 6.18 Å². The molecule has 0 saturated heterocycles. The highest BCUT2D eigenvalue weighted by atomic mass is 32.2. The second-order valence-corrected chi connectivity index (χ2v) is 6.42. The topological polar surface area (TPSA) is 46.1 Å². The third-order valence-corrected chi connectivity index (χ3v) is 4.77. The summed E-state index contributed by atoms with van der Waals surface area (Å²) in [4.78, 5) is 21.5. The Morgan fingerprint density at radius 2 is 2.04 bits per heavy atom. The molecule has 1 aromatic rings. The van der Waals surface area contributed by atoms with Gasteiger partial charge in [0.1, 0.15) is 5.69 Å². The number of carbonyl (C=O) groups is 1. The molecule has 0 N–H and O–H groups in total. The Morgan fingerprint density at radius 3 is 2.65 bits per heavy atom. The van der Waals surface area contributed by atoms with E-state index >= 15 is 0 Å². The van der Waals surface area contributed by atoms with Gasteiger partial charge in [0.2, 0.25) is 5.91 Å². The minimum atomic E-state index is -4.50. The molecule has 1 aliphatic carbocycles. The standard InChI is InChI=1S/C15H20F3N3OS/c1-2-21(11-6-4-3-5-7-11)13(22)10-23-14-19-9-8-12(20-14)15(16,17)18/h8-9,11H,2-7,10H2,1H3. The minimum Gasteiger partial charge on any atom is -0.339 e. The van der Waals surface area contributed by atoms with E-state index in [-0.39, 0.29) is 22.9 Å². The van der Waals surface area contributed by atoms with E-state index in [0.717, 1.165) is 49.7 Å². The van der Waals surface area contributed by atoms with Crippen molar-refractivity contribution in [2.24, 2.45) is 0 Å². The Balaban J connectivity index is 1.95. The Kier molecular flexibility index (Phi) is 6.26. The van der Waals surface area contributed by atoms with Crippen molar-refractivity contribution in [3.8, 4) is 0 Å². The van der Waals surface area contributed by atoms with Gasteiger partial charge in [-0.1, -0.05) is 31.0 Å². The third kappa shape index (κ3) is 5.09. The zero-order valence-electron chi connectivity index (χ0n) is 13.0. The molecule has 0 bridgehead atoms. The Labute approximate surface area is 137 Å². The van der Waals surface area contributed by atoms with Crippen LogP contribution in [0, 0.1) is 0 Å². The first-order chi connectivity index (χ1) is 10.9. The van der Waals surface area contributed by atoms with Gasteiger partial charge in [-0.2, -0.15) is 13.2 Å². The molecule has 4 nitrogen and oxygen atoms in total. The van der Waals surface area contributed by atoms with Gasteiger partial charge in [0.15, 0.2) is 5.16 Å². The molecule has 23 heavy (non-hydrogen) atoms. The van der Waals surface area contributed by atoms with E-state index in [2.05, 4.69) is 9.97 Å². The first-order valence-corrected chi connectivity index (χ1v) is 8.73. The number of hydrogen-bond donors (Lipinski definition) is 0. The van der Waals surface area contributed by atoms with E-state index in [4.69, 9.17) is 0 Å². The maximum atomic E-state index is 12.6. The molecule has 1 aliphatic rings. The lowest BCUT2D eigenvalue weighted by molar-refractivity contribution is -0.141. The van der Waals surface area contributed by atoms with Crippen LogP contribution in [0.4, 0.5) is 13.2 Å². The molecule has 1 fully saturated rings. The SMILES string of the molecule is CCN(C(=O)CSc1nccc(C(F)(F)F)n1)C1CCCCC1. The van der Waals surface area contributed by atoms with Gasteiger partial charge in [-0.05, 0) is 25.8 Å². The number of carbonyl (C=O) groups excluding carboxylic acids is 1. The Hall–Kier alpha value is -1.31. The van der Waals surface area contributed by atoms with E-state index < -0.39 is 11.9 Å². The van der Waals surface area contributed by atoms with Crippen LogP contribution < -0.4 is 0 Å². The maximum absolute atomic E-state index is 12.6. The number of thioether (sulfide) groups is 1. The van der Waals surface area contributed by atoms with E-state index in [0.29, 0.717) is 6.54 Å². The van der Waals surface area contributed by atoms with Crippen LogP contribution in [0.25, 0.3) is 0 Å². The van der Waals surface area contributed by atoms with Crippen molar-refractivity contribution in [1.82, 2.24) is 14.9 Å². The van der Waals surface area contributed by atoms with Crippen LogP contribution in [0.15, 0.2) is 17.4 Å². The number of halogens is 3. The van der Waals surface area contributed by atoms with Crippen LogP contribution in [-0.4, -0.2) is 39.1 Å². The molecule has 1 saturated carbocycles. The summed E-state index contributed by atoms with van der Waals surface area (Å²) >= 11 is 0.953. The van der Waals surface area contributed by atoms with E-state index in [1.54, 1.807) is 0 Å². The predicted molar refractivity (Wildman–Crippen MR) is 82.0 cm³/mol. The minimum absolute atomic E-state index is 0.0205. The molecule has 0 aliphatic heterocycles. The summed E-state index contributed by atoms with van der Waals surface area (Å²) in [5.41, 5.74) is -0.984. The third-order valence-electron chi connectivity index (χ3n) is 3.93. The van der Waals surface area contributed by atoms with E-state index in [1.807, 2.05) is 11.8 Å². The average Bonchev–Trinajstić information content (AvgIpc) is 2.54. The van der Waals surface area contributed by atoms with Crippen molar-refractivity contribution in [2.45, 2.75) is 56.4 Å². The largest absolute Gasteiger partial charge is 0.433 e. The molecular formula is C15H20F3N3OS. The molecule has 0 atom stereocenters. The van der Waals surface area contributed by atoms with Gasteiger partial charge in [-0.15, -0.1) is 0 Å². The monoisotopic (exact) mass is 347 g/mol. The molecule has 1 amide bonds. The molecule has 0 unspecified atom stereocenters. The summed E-state index contributed by atoms with van der Waals surface area (Å²) in [7, 11) is 0. The fourth-order valence-electron chi connectivity index (χ4n) is 2.81. The quantitative estimate of drug-likeness (QED) is 0.601. The van der Waals surface area contributed by atoms with Crippen molar-refractivity contribution in [3.63, 3.8) is 0 Å². The first kappa shape index (κ1) is 18.0. The smallest absolute Gasteiger partial charge is 0.339 e. The first-order valence-electron chi connectivity index (χ1n) is 7.74. The lowest BCUT2D eigenvalue weighted by Gasteiger charge is -2.33. The van der Waals surface area contributed by atoms with Crippen molar-refractivity contribution in [2.75, 3.05) is 12.3 Å². The van der Waals surface area contributed by atoms with E-state index in [1.165, 1.54) is 6.42 Å². The Morgan fingerprint density at radius 1 is 1.35 bits per heavy atom. The van der Waals surface area contributed by atoms with Crippen LogP contribution >= 0.6 is 11.8 Å². The number of nitrogens with zero attached hydrogens (tertiary/aromatic N) is 3. The van der Waals surface area contributed by atoms with E-state index in [9.17, 15) is 18.0 Å². The number of hydrogen-bond acceptors (Lipinski definition) is 4. The summed E-state index contributed by atoms with van der Waals surface area (Å²) in [6, 6.07) is 1.08. The number of amides is 1. The normalized spacial score (nSPS) is 16.3. The number of aromatic nitrogens is 2. The molecular weight excluding hydrogens is 327 g/mol. The second-order valence-electron chi connectivity index (χ2n) is 5.48. The number of alkyl halides is 3. The van der Waals surface area contributed by atoms with Gasteiger partial charge < -0.3 is 4.90 Å². The van der Waals surface area contributed by atoms with Crippen LogP contribution in [0.1, 0.15) is 44.7 Å². The van der Waals surface area contributed by atoms with Crippen molar-refractivity contribution >= 4 is 17.7 Å². The summed E-state index contributed by atoms with van der Waals surface area (Å²) in [6.45, 7) is 2.55. The van der Waals surface area contributed by atoms with Crippen molar-refractivity contribution in [3.05, 3.63) is 18.0 Å². The molecule has 1 heterocycles. The molecule has 1 aromatic heterocycles. The van der Waals surface area contributed by atoms with Crippen LogP contribution in [0.3, 0.4) is 0 Å². The number of rotatable bonds is 5. The highest BCUT2D eigenvalue weighted by molar-refractivity contribution is 7.99. The lowest BCUT2D eigenvalue weighted by Crippen LogP contribution is -2.42. The van der Waals surface area contributed by atoms with Gasteiger partial charge in [0.05, 0.1) is 5.75 Å². The summed E-state index contributed by atoms with van der Waals surface area (Å²) in [6.07, 6.45) is 2.03. The maximum Gasteiger partial charge on any atom is 0.433 e. The van der Waals surface area contributed by atoms with Crippen molar-refractivity contribution < 1.29 is 18.0 Å². The zero-order chi connectivity index (χ0) is 16.9. The average molecular weight is 347 g/mol. The molecule has 0 spiro atoms.